The molecule has 0 heterocycles. The molecule has 0 spiro atoms. The number of aliphatic hydroxyl groups is 1. The molecule has 2 aliphatic carbocycles. The fraction of sp³-hybridized carbons (Fsp3) is 0.667. The van der Waals surface area contributed by atoms with Gasteiger partial charge in [-0.3, -0.25) is 9.59 Å². The molecule has 4 atom stereocenters. The van der Waals surface area contributed by atoms with E-state index >= 15 is 0 Å². The third kappa shape index (κ3) is 4.07. The third-order valence-corrected chi connectivity index (χ3v) is 5.00. The van der Waals surface area contributed by atoms with Crippen LogP contribution in [-0.4, -0.2) is 42.4 Å². The van der Waals surface area contributed by atoms with Crippen molar-refractivity contribution in [1.29, 1.82) is 0 Å². The van der Waals surface area contributed by atoms with Gasteiger partial charge in [-0.1, -0.05) is 17.7 Å². The molecule has 0 aromatic carbocycles. The Hall–Kier alpha value is -1.42. The zero-order valence-corrected chi connectivity index (χ0v) is 13.6. The van der Waals surface area contributed by atoms with Crippen LogP contribution in [0, 0.1) is 17.8 Å². The van der Waals surface area contributed by atoms with Gasteiger partial charge >= 0.3 is 0 Å². The fourth-order valence-corrected chi connectivity index (χ4v) is 3.82. The van der Waals surface area contributed by atoms with Crippen molar-refractivity contribution in [2.24, 2.45) is 17.8 Å². The van der Waals surface area contributed by atoms with Crippen LogP contribution in [0.2, 0.25) is 0 Å². The van der Waals surface area contributed by atoms with Crippen LogP contribution < -0.4 is 0 Å². The molecular formula is C18H27NO3. The van der Waals surface area contributed by atoms with Gasteiger partial charge in [0.25, 0.3) is 0 Å². The Balaban J connectivity index is 1.77. The minimum Gasteiger partial charge on any atom is -0.392 e. The number of carbonyl (C=O) groups excluding carboxylic acids is 2. The van der Waals surface area contributed by atoms with Gasteiger partial charge in [0, 0.05) is 26.4 Å². The summed E-state index contributed by atoms with van der Waals surface area (Å²) < 4.78 is 0. The van der Waals surface area contributed by atoms with Crippen molar-refractivity contribution >= 4 is 12.2 Å². The zero-order valence-electron chi connectivity index (χ0n) is 13.6. The lowest BCUT2D eigenvalue weighted by molar-refractivity contribution is -0.128. The van der Waals surface area contributed by atoms with E-state index in [4.69, 9.17) is 0 Å². The zero-order chi connectivity index (χ0) is 16.1. The van der Waals surface area contributed by atoms with Gasteiger partial charge in [0.1, 0.15) is 6.29 Å². The molecule has 4 nitrogen and oxygen atoms in total. The Morgan fingerprint density at radius 1 is 1.41 bits per heavy atom. The van der Waals surface area contributed by atoms with Gasteiger partial charge in [0.05, 0.1) is 6.10 Å². The lowest BCUT2D eigenvalue weighted by Gasteiger charge is -2.17. The molecule has 0 unspecified atom stereocenters. The van der Waals surface area contributed by atoms with Crippen molar-refractivity contribution in [2.75, 3.05) is 14.1 Å². The summed E-state index contributed by atoms with van der Waals surface area (Å²) in [7, 11) is 3.59. The Morgan fingerprint density at radius 3 is 2.86 bits per heavy atom. The molecule has 1 amide bonds. The SMILES string of the molecule is CN(C)C(=O)CCCCC1=C[C@H]2C[C@@H](O)[C@H](/C=C/C=O)[C@H]2C1. The standard InChI is InChI=1S/C18H27NO3/c1-19(2)18(22)8-4-3-6-13-10-14-12-17(21)15(7-5-9-20)16(14)11-13/h5,7,9-10,14-17,21H,3-4,6,8,11-12H2,1-2H3/b7-5+/t14-,15+,16-,17+/m0/s1. The Labute approximate surface area is 132 Å². The molecule has 0 aromatic rings. The average molecular weight is 305 g/mol. The van der Waals surface area contributed by atoms with E-state index in [0.29, 0.717) is 18.3 Å². The Morgan fingerprint density at radius 2 is 2.18 bits per heavy atom. The predicted octanol–water partition coefficient (Wildman–Crippen LogP) is 2.33. The van der Waals surface area contributed by atoms with Crippen LogP contribution >= 0.6 is 0 Å². The van der Waals surface area contributed by atoms with Crippen LogP contribution in [0.3, 0.4) is 0 Å². The number of hydrogen-bond acceptors (Lipinski definition) is 3. The Kier molecular flexibility index (Phi) is 5.95. The van der Waals surface area contributed by atoms with Crippen LogP contribution in [0.15, 0.2) is 23.8 Å². The number of hydrogen-bond donors (Lipinski definition) is 1. The number of unbranched alkanes of at least 4 members (excludes halogenated alkanes) is 1. The minimum atomic E-state index is -0.318. The number of nitrogens with zero attached hydrogens (tertiary/aromatic N) is 1. The summed E-state index contributed by atoms with van der Waals surface area (Å²) >= 11 is 0. The van der Waals surface area contributed by atoms with E-state index < -0.39 is 0 Å². The van der Waals surface area contributed by atoms with Gasteiger partial charge in [-0.15, -0.1) is 0 Å². The number of allylic oxidation sites excluding steroid dienone is 3. The molecule has 0 aromatic heterocycles. The molecule has 1 fully saturated rings. The molecule has 0 radical (unpaired) electrons. The minimum absolute atomic E-state index is 0.110. The van der Waals surface area contributed by atoms with Gasteiger partial charge in [-0.05, 0) is 50.0 Å². The summed E-state index contributed by atoms with van der Waals surface area (Å²) in [5, 5.41) is 10.1. The van der Waals surface area contributed by atoms with Gasteiger partial charge in [0.15, 0.2) is 0 Å². The molecule has 2 rings (SSSR count). The number of amides is 1. The molecule has 122 valence electrons. The summed E-state index contributed by atoms with van der Waals surface area (Å²) in [6, 6.07) is 0. The number of aldehydes is 1. The number of rotatable bonds is 7. The topological polar surface area (TPSA) is 57.6 Å². The lowest BCUT2D eigenvalue weighted by Crippen LogP contribution is -2.21. The van der Waals surface area contributed by atoms with E-state index in [0.717, 1.165) is 38.4 Å². The highest BCUT2D eigenvalue weighted by molar-refractivity contribution is 5.75. The monoisotopic (exact) mass is 305 g/mol. The molecule has 0 saturated heterocycles. The van der Waals surface area contributed by atoms with Crippen molar-refractivity contribution in [3.63, 3.8) is 0 Å². The largest absolute Gasteiger partial charge is 0.392 e. The quantitative estimate of drug-likeness (QED) is 0.340. The van der Waals surface area contributed by atoms with E-state index in [9.17, 15) is 14.7 Å². The smallest absolute Gasteiger partial charge is 0.222 e. The van der Waals surface area contributed by atoms with E-state index in [2.05, 4.69) is 6.08 Å². The summed E-state index contributed by atoms with van der Waals surface area (Å²) in [6.45, 7) is 0. The second-order valence-corrected chi connectivity index (χ2v) is 6.75. The van der Waals surface area contributed by atoms with Gasteiger partial charge in [0.2, 0.25) is 5.91 Å². The highest BCUT2D eigenvalue weighted by Gasteiger charge is 2.43. The van der Waals surface area contributed by atoms with E-state index in [1.165, 1.54) is 11.6 Å². The van der Waals surface area contributed by atoms with Crippen LogP contribution in [0.5, 0.6) is 0 Å². The molecule has 1 N–H and O–H groups in total. The maximum atomic E-state index is 11.5. The summed E-state index contributed by atoms with van der Waals surface area (Å²) in [6.07, 6.45) is 11.7. The molecule has 4 heteroatoms. The third-order valence-electron chi connectivity index (χ3n) is 5.00. The highest BCUT2D eigenvalue weighted by atomic mass is 16.3. The van der Waals surface area contributed by atoms with E-state index in [-0.39, 0.29) is 17.9 Å². The molecule has 2 aliphatic rings. The Bertz CT molecular complexity index is 467. The van der Waals surface area contributed by atoms with Crippen molar-refractivity contribution in [1.82, 2.24) is 4.90 Å². The van der Waals surface area contributed by atoms with Crippen LogP contribution in [0.1, 0.15) is 38.5 Å². The second kappa shape index (κ2) is 7.73. The number of aliphatic hydroxyl groups excluding tert-OH is 1. The maximum absolute atomic E-state index is 11.5. The maximum Gasteiger partial charge on any atom is 0.222 e. The van der Waals surface area contributed by atoms with E-state index in [1.54, 1.807) is 19.0 Å². The summed E-state index contributed by atoms with van der Waals surface area (Å²) in [5.74, 6) is 1.21. The van der Waals surface area contributed by atoms with Crippen molar-refractivity contribution in [2.45, 2.75) is 44.6 Å². The molecule has 0 bridgehead atoms. The summed E-state index contributed by atoms with van der Waals surface area (Å²) in [5.41, 5.74) is 1.46. The molecule has 1 saturated carbocycles. The first-order chi connectivity index (χ1) is 10.5. The number of carbonyl (C=O) groups is 2. The first-order valence-corrected chi connectivity index (χ1v) is 8.22. The second-order valence-electron chi connectivity index (χ2n) is 6.75. The predicted molar refractivity (Wildman–Crippen MR) is 86.2 cm³/mol. The first-order valence-electron chi connectivity index (χ1n) is 8.22. The molecule has 0 aliphatic heterocycles. The van der Waals surface area contributed by atoms with Gasteiger partial charge in [-0.2, -0.15) is 0 Å². The average Bonchev–Trinajstić information content (AvgIpc) is 2.98. The van der Waals surface area contributed by atoms with Crippen molar-refractivity contribution in [3.05, 3.63) is 23.8 Å². The normalized spacial score (nSPS) is 30.4. The highest BCUT2D eigenvalue weighted by Crippen LogP contribution is 2.48. The van der Waals surface area contributed by atoms with E-state index in [1.807, 2.05) is 6.08 Å². The fourth-order valence-electron chi connectivity index (χ4n) is 3.82. The van der Waals surface area contributed by atoms with Crippen LogP contribution in [0.25, 0.3) is 0 Å². The van der Waals surface area contributed by atoms with Crippen LogP contribution in [0.4, 0.5) is 0 Å². The van der Waals surface area contributed by atoms with Gasteiger partial charge < -0.3 is 10.0 Å². The molecule has 22 heavy (non-hydrogen) atoms. The molecular weight excluding hydrogens is 278 g/mol. The lowest BCUT2D eigenvalue weighted by atomic mass is 9.89. The summed E-state index contributed by atoms with van der Waals surface area (Å²) in [4.78, 5) is 23.7. The van der Waals surface area contributed by atoms with Crippen LogP contribution in [-0.2, 0) is 9.59 Å². The van der Waals surface area contributed by atoms with Crippen molar-refractivity contribution < 1.29 is 14.7 Å². The van der Waals surface area contributed by atoms with Gasteiger partial charge in [-0.25, -0.2) is 0 Å². The number of fused-ring (bicyclic) bond motifs is 1. The first kappa shape index (κ1) is 16.9. The van der Waals surface area contributed by atoms with Crippen molar-refractivity contribution in [3.8, 4) is 0 Å².